The SMILES string of the molecule is Cc1ccccc1C(=O)NN1C(=O)C2C3C=CC(C3)C2C1=O. The Kier molecular flexibility index (Phi) is 2.73. The van der Waals surface area contributed by atoms with Crippen LogP contribution in [0.3, 0.4) is 0 Å². The smallest absolute Gasteiger partial charge is 0.270 e. The number of benzene rings is 1. The molecule has 1 aromatic carbocycles. The fourth-order valence-corrected chi connectivity index (χ4v) is 4.00. The number of amides is 3. The number of rotatable bonds is 2. The van der Waals surface area contributed by atoms with Gasteiger partial charge in [-0.25, -0.2) is 0 Å². The largest absolute Gasteiger partial charge is 0.272 e. The van der Waals surface area contributed by atoms with Crippen LogP contribution in [0, 0.1) is 30.6 Å². The first kappa shape index (κ1) is 13.2. The second-order valence-corrected chi connectivity index (χ2v) is 6.27. The van der Waals surface area contributed by atoms with E-state index >= 15 is 0 Å². The Labute approximate surface area is 128 Å². The highest BCUT2D eigenvalue weighted by Crippen LogP contribution is 2.52. The molecule has 112 valence electrons. The molecule has 2 fully saturated rings. The predicted molar refractivity (Wildman–Crippen MR) is 78.2 cm³/mol. The molecule has 5 nitrogen and oxygen atoms in total. The summed E-state index contributed by atoms with van der Waals surface area (Å²) in [7, 11) is 0. The number of hydrazine groups is 1. The van der Waals surface area contributed by atoms with Gasteiger partial charge in [0.15, 0.2) is 0 Å². The maximum Gasteiger partial charge on any atom is 0.270 e. The van der Waals surface area contributed by atoms with Gasteiger partial charge in [-0.05, 0) is 36.8 Å². The van der Waals surface area contributed by atoms with Crippen molar-refractivity contribution in [2.75, 3.05) is 0 Å². The molecule has 1 saturated carbocycles. The van der Waals surface area contributed by atoms with Gasteiger partial charge in [0.2, 0.25) is 0 Å². The predicted octanol–water partition coefficient (Wildman–Crippen LogP) is 1.45. The highest BCUT2D eigenvalue weighted by Gasteiger charge is 2.59. The van der Waals surface area contributed by atoms with Crippen molar-refractivity contribution in [3.8, 4) is 0 Å². The Bertz CT molecular complexity index is 694. The first-order valence-corrected chi connectivity index (χ1v) is 7.50. The summed E-state index contributed by atoms with van der Waals surface area (Å²) in [5.41, 5.74) is 3.78. The number of carbonyl (C=O) groups excluding carboxylic acids is 3. The first-order valence-electron chi connectivity index (χ1n) is 7.50. The van der Waals surface area contributed by atoms with Crippen LogP contribution in [-0.4, -0.2) is 22.7 Å². The Hall–Kier alpha value is -2.43. The van der Waals surface area contributed by atoms with Crippen molar-refractivity contribution in [2.24, 2.45) is 23.7 Å². The highest BCUT2D eigenvalue weighted by atomic mass is 16.2. The van der Waals surface area contributed by atoms with Crippen LogP contribution in [0.4, 0.5) is 0 Å². The van der Waals surface area contributed by atoms with Crippen LogP contribution in [0.5, 0.6) is 0 Å². The Balaban J connectivity index is 1.58. The number of fused-ring (bicyclic) bond motifs is 5. The zero-order valence-corrected chi connectivity index (χ0v) is 12.2. The van der Waals surface area contributed by atoms with Crippen LogP contribution >= 0.6 is 0 Å². The molecule has 1 aromatic rings. The van der Waals surface area contributed by atoms with E-state index < -0.39 is 5.91 Å². The van der Waals surface area contributed by atoms with E-state index in [0.29, 0.717) is 5.56 Å². The third-order valence-corrected chi connectivity index (χ3v) is 5.07. The maximum atomic E-state index is 12.5. The molecule has 4 atom stereocenters. The number of nitrogens with zero attached hydrogens (tertiary/aromatic N) is 1. The van der Waals surface area contributed by atoms with Gasteiger partial charge < -0.3 is 0 Å². The lowest BCUT2D eigenvalue weighted by Crippen LogP contribution is -2.47. The second kappa shape index (κ2) is 4.53. The number of hydrogen-bond donors (Lipinski definition) is 1. The Morgan fingerprint density at radius 2 is 1.68 bits per heavy atom. The minimum absolute atomic E-state index is 0.145. The molecule has 1 aliphatic heterocycles. The molecule has 4 unspecified atom stereocenters. The van der Waals surface area contributed by atoms with Gasteiger partial charge in [-0.3, -0.25) is 19.8 Å². The molecule has 5 heteroatoms. The van der Waals surface area contributed by atoms with Gasteiger partial charge in [-0.2, -0.15) is 5.01 Å². The zero-order valence-electron chi connectivity index (χ0n) is 12.2. The van der Waals surface area contributed by atoms with Crippen LogP contribution in [0.2, 0.25) is 0 Å². The number of nitrogens with one attached hydrogen (secondary N) is 1. The first-order chi connectivity index (χ1) is 10.6. The van der Waals surface area contributed by atoms with Gasteiger partial charge in [0.1, 0.15) is 0 Å². The molecule has 0 spiro atoms. The maximum absolute atomic E-state index is 12.5. The van der Waals surface area contributed by atoms with Crippen LogP contribution in [0.25, 0.3) is 0 Å². The molecular weight excluding hydrogens is 280 g/mol. The molecule has 22 heavy (non-hydrogen) atoms. The lowest BCUT2D eigenvalue weighted by Gasteiger charge is -2.18. The van der Waals surface area contributed by atoms with Gasteiger partial charge in [0.25, 0.3) is 17.7 Å². The summed E-state index contributed by atoms with van der Waals surface area (Å²) in [6.07, 6.45) is 4.94. The number of imide groups is 1. The summed E-state index contributed by atoms with van der Waals surface area (Å²) in [6, 6.07) is 7.10. The van der Waals surface area contributed by atoms with Crippen LogP contribution in [0.1, 0.15) is 22.3 Å². The molecular formula is C17H16N2O3. The molecule has 1 heterocycles. The van der Waals surface area contributed by atoms with E-state index in [9.17, 15) is 14.4 Å². The van der Waals surface area contributed by atoms with Crippen LogP contribution in [0.15, 0.2) is 36.4 Å². The Morgan fingerprint density at radius 3 is 2.27 bits per heavy atom. The van der Waals surface area contributed by atoms with E-state index in [0.717, 1.165) is 17.0 Å². The van der Waals surface area contributed by atoms with Crippen LogP contribution in [-0.2, 0) is 9.59 Å². The van der Waals surface area contributed by atoms with E-state index in [1.807, 2.05) is 31.2 Å². The third-order valence-electron chi connectivity index (χ3n) is 5.07. The molecule has 2 aliphatic carbocycles. The average Bonchev–Trinajstić information content (AvgIpc) is 3.17. The molecule has 3 aliphatic rings. The monoisotopic (exact) mass is 296 g/mol. The number of hydrogen-bond acceptors (Lipinski definition) is 3. The van der Waals surface area contributed by atoms with Crippen molar-refractivity contribution < 1.29 is 14.4 Å². The number of aryl methyl sites for hydroxylation is 1. The number of allylic oxidation sites excluding steroid dienone is 2. The minimum Gasteiger partial charge on any atom is -0.272 e. The van der Waals surface area contributed by atoms with Gasteiger partial charge in [0, 0.05) is 5.56 Å². The summed E-state index contributed by atoms with van der Waals surface area (Å²) in [6.45, 7) is 1.82. The van der Waals surface area contributed by atoms with Crippen molar-refractivity contribution in [3.05, 3.63) is 47.5 Å². The van der Waals surface area contributed by atoms with Crippen molar-refractivity contribution >= 4 is 17.7 Å². The minimum atomic E-state index is -0.417. The number of carbonyl (C=O) groups is 3. The van der Waals surface area contributed by atoms with Crippen LogP contribution < -0.4 is 5.43 Å². The third kappa shape index (κ3) is 1.68. The highest BCUT2D eigenvalue weighted by molar-refractivity contribution is 6.08. The topological polar surface area (TPSA) is 66.5 Å². The van der Waals surface area contributed by atoms with Crippen molar-refractivity contribution in [1.82, 2.24) is 10.4 Å². The summed E-state index contributed by atoms with van der Waals surface area (Å²) >= 11 is 0. The molecule has 0 aromatic heterocycles. The van der Waals surface area contributed by atoms with Gasteiger partial charge in [-0.15, -0.1) is 0 Å². The van der Waals surface area contributed by atoms with E-state index in [4.69, 9.17) is 0 Å². The van der Waals surface area contributed by atoms with Crippen molar-refractivity contribution in [3.63, 3.8) is 0 Å². The summed E-state index contributed by atoms with van der Waals surface area (Å²) in [5, 5.41) is 0.941. The summed E-state index contributed by atoms with van der Waals surface area (Å²) < 4.78 is 0. The molecule has 4 rings (SSSR count). The second-order valence-electron chi connectivity index (χ2n) is 6.27. The lowest BCUT2D eigenvalue weighted by molar-refractivity contribution is -0.143. The van der Waals surface area contributed by atoms with Gasteiger partial charge in [0.05, 0.1) is 11.8 Å². The van der Waals surface area contributed by atoms with E-state index in [-0.39, 0.29) is 35.5 Å². The van der Waals surface area contributed by atoms with Crippen molar-refractivity contribution in [2.45, 2.75) is 13.3 Å². The molecule has 1 saturated heterocycles. The van der Waals surface area contributed by atoms with Gasteiger partial charge in [-0.1, -0.05) is 30.4 Å². The summed E-state index contributed by atoms with van der Waals surface area (Å²) in [5.74, 6) is -1.25. The fraction of sp³-hybridized carbons (Fsp3) is 0.353. The zero-order chi connectivity index (χ0) is 15.4. The van der Waals surface area contributed by atoms with E-state index in [1.165, 1.54) is 0 Å². The quantitative estimate of drug-likeness (QED) is 0.663. The fourth-order valence-electron chi connectivity index (χ4n) is 4.00. The molecule has 3 amide bonds. The van der Waals surface area contributed by atoms with Crippen molar-refractivity contribution in [1.29, 1.82) is 0 Å². The average molecular weight is 296 g/mol. The standard InChI is InChI=1S/C17H16N2O3/c1-9-4-2-3-5-12(9)15(20)18-19-16(21)13-10-6-7-11(8-10)14(13)17(19)22/h2-7,10-11,13-14H,8H2,1H3,(H,18,20). The van der Waals surface area contributed by atoms with Gasteiger partial charge >= 0.3 is 0 Å². The Morgan fingerprint density at radius 1 is 1.09 bits per heavy atom. The molecule has 2 bridgehead atoms. The normalized spacial score (nSPS) is 31.8. The molecule has 0 radical (unpaired) electrons. The lowest BCUT2D eigenvalue weighted by atomic mass is 9.85. The summed E-state index contributed by atoms with van der Waals surface area (Å²) in [4.78, 5) is 37.3. The van der Waals surface area contributed by atoms with E-state index in [1.54, 1.807) is 12.1 Å². The molecule has 1 N–H and O–H groups in total. The van der Waals surface area contributed by atoms with E-state index in [2.05, 4.69) is 5.43 Å².